The molecule has 0 radical (unpaired) electrons. The lowest BCUT2D eigenvalue weighted by atomic mass is 9.67. The molecule has 0 spiro atoms. The van der Waals surface area contributed by atoms with E-state index in [1.807, 2.05) is 0 Å². The minimum atomic E-state index is -3.37. The molecule has 0 heterocycles. The van der Waals surface area contributed by atoms with Crippen molar-refractivity contribution < 1.29 is 13.2 Å². The second-order valence-electron chi connectivity index (χ2n) is 6.33. The molecule has 1 amide bonds. The molecular formula is C13H26ClN3O3S. The first-order chi connectivity index (χ1) is 9.26. The fourth-order valence-corrected chi connectivity index (χ4v) is 4.44. The van der Waals surface area contributed by atoms with Crippen LogP contribution in [0.1, 0.15) is 39.0 Å². The van der Waals surface area contributed by atoms with Gasteiger partial charge >= 0.3 is 0 Å². The topological polar surface area (TPSA) is 101 Å². The summed E-state index contributed by atoms with van der Waals surface area (Å²) in [5.74, 6) is 0.631. The predicted molar refractivity (Wildman–Crippen MR) is 84.7 cm³/mol. The summed E-state index contributed by atoms with van der Waals surface area (Å²) in [5.41, 5.74) is 6.06. The molecular weight excluding hydrogens is 314 g/mol. The number of carbonyl (C=O) groups is 1. The zero-order valence-electron chi connectivity index (χ0n) is 12.5. The predicted octanol–water partition coefficient (Wildman–Crippen LogP) is 0.368. The molecule has 0 aromatic heterocycles. The van der Waals surface area contributed by atoms with E-state index < -0.39 is 16.1 Å². The van der Waals surface area contributed by atoms with Crippen LogP contribution in [0.25, 0.3) is 0 Å². The van der Waals surface area contributed by atoms with Crippen molar-refractivity contribution in [1.29, 1.82) is 0 Å². The van der Waals surface area contributed by atoms with Crippen molar-refractivity contribution in [3.8, 4) is 0 Å². The van der Waals surface area contributed by atoms with Gasteiger partial charge in [-0.05, 0) is 44.4 Å². The van der Waals surface area contributed by atoms with Gasteiger partial charge in [0.05, 0.1) is 12.3 Å². The summed E-state index contributed by atoms with van der Waals surface area (Å²) in [5, 5.41) is 3.04. The minimum Gasteiger partial charge on any atom is -0.351 e. The van der Waals surface area contributed by atoms with Gasteiger partial charge < -0.3 is 11.1 Å². The SMILES string of the molecule is CC(NS(C)(=O)=O)C(=O)NC1C2CCCC1CC(N)C2.Cl. The lowest BCUT2D eigenvalue weighted by Crippen LogP contribution is -2.57. The van der Waals surface area contributed by atoms with Crippen LogP contribution in [0.15, 0.2) is 0 Å². The number of nitrogens with one attached hydrogen (secondary N) is 2. The highest BCUT2D eigenvalue weighted by Gasteiger charge is 2.40. The third-order valence-corrected chi connectivity index (χ3v) is 5.25. The molecule has 2 fully saturated rings. The molecule has 0 aromatic carbocycles. The summed E-state index contributed by atoms with van der Waals surface area (Å²) in [6.45, 7) is 1.57. The van der Waals surface area contributed by atoms with Crippen LogP contribution in [0, 0.1) is 11.8 Å². The highest BCUT2D eigenvalue weighted by molar-refractivity contribution is 7.88. The van der Waals surface area contributed by atoms with E-state index in [1.165, 1.54) is 6.42 Å². The third kappa shape index (κ3) is 5.09. The Balaban J connectivity index is 0.00000220. The first-order valence-corrected chi connectivity index (χ1v) is 9.18. The summed E-state index contributed by atoms with van der Waals surface area (Å²) in [6, 6.07) is -0.341. The maximum absolute atomic E-state index is 12.1. The number of hydrogen-bond acceptors (Lipinski definition) is 4. The van der Waals surface area contributed by atoms with Crippen molar-refractivity contribution in [1.82, 2.24) is 10.0 Å². The quantitative estimate of drug-likeness (QED) is 0.688. The Morgan fingerprint density at radius 2 is 1.76 bits per heavy atom. The van der Waals surface area contributed by atoms with Gasteiger partial charge in [0.2, 0.25) is 15.9 Å². The standard InChI is InChI=1S/C13H25N3O3S.ClH/c1-8(16-20(2,18)19)13(17)15-12-9-4-3-5-10(12)7-11(14)6-9;/h8-12,16H,3-7,14H2,1-2H3,(H,15,17);1H. The smallest absolute Gasteiger partial charge is 0.238 e. The molecule has 21 heavy (non-hydrogen) atoms. The Labute approximate surface area is 133 Å². The fourth-order valence-electron chi connectivity index (χ4n) is 3.69. The van der Waals surface area contributed by atoms with Gasteiger partial charge in [-0.2, -0.15) is 0 Å². The Bertz CT molecular complexity index is 457. The number of fused-ring (bicyclic) bond motifs is 2. The number of nitrogens with two attached hydrogens (primary N) is 1. The summed E-state index contributed by atoms with van der Waals surface area (Å²) in [4.78, 5) is 12.1. The summed E-state index contributed by atoms with van der Waals surface area (Å²) in [7, 11) is -3.37. The van der Waals surface area contributed by atoms with Crippen molar-refractivity contribution in [2.24, 2.45) is 17.6 Å². The molecule has 2 rings (SSSR count). The van der Waals surface area contributed by atoms with Gasteiger partial charge in [-0.25, -0.2) is 13.1 Å². The van der Waals surface area contributed by atoms with E-state index in [0.29, 0.717) is 11.8 Å². The maximum Gasteiger partial charge on any atom is 0.238 e. The first kappa shape index (κ1) is 18.7. The first-order valence-electron chi connectivity index (χ1n) is 7.29. The van der Waals surface area contributed by atoms with Gasteiger partial charge in [-0.15, -0.1) is 12.4 Å². The van der Waals surface area contributed by atoms with Crippen molar-refractivity contribution in [2.45, 2.75) is 57.2 Å². The van der Waals surface area contributed by atoms with Crippen LogP contribution >= 0.6 is 12.4 Å². The van der Waals surface area contributed by atoms with E-state index >= 15 is 0 Å². The van der Waals surface area contributed by atoms with E-state index in [-0.39, 0.29) is 30.4 Å². The average molecular weight is 340 g/mol. The van der Waals surface area contributed by atoms with E-state index in [4.69, 9.17) is 5.73 Å². The van der Waals surface area contributed by atoms with Gasteiger partial charge in [0.25, 0.3) is 0 Å². The summed E-state index contributed by atoms with van der Waals surface area (Å²) >= 11 is 0. The highest BCUT2D eigenvalue weighted by atomic mass is 35.5. The molecule has 2 aliphatic rings. The van der Waals surface area contributed by atoms with Crippen molar-refractivity contribution in [3.05, 3.63) is 0 Å². The maximum atomic E-state index is 12.1. The molecule has 0 aliphatic heterocycles. The molecule has 6 nitrogen and oxygen atoms in total. The van der Waals surface area contributed by atoms with Gasteiger partial charge in [0, 0.05) is 12.1 Å². The number of halogens is 1. The number of hydrogen-bond donors (Lipinski definition) is 3. The molecule has 8 heteroatoms. The van der Waals surface area contributed by atoms with Crippen molar-refractivity contribution in [2.75, 3.05) is 6.26 Å². The molecule has 3 unspecified atom stereocenters. The normalized spacial score (nSPS) is 33.7. The molecule has 2 saturated carbocycles. The van der Waals surface area contributed by atoms with Crippen LogP contribution in [0.4, 0.5) is 0 Å². The van der Waals surface area contributed by atoms with Gasteiger partial charge in [-0.3, -0.25) is 4.79 Å². The molecule has 2 aliphatic carbocycles. The summed E-state index contributed by atoms with van der Waals surface area (Å²) < 4.78 is 24.7. The van der Waals surface area contributed by atoms with Gasteiger partial charge in [-0.1, -0.05) is 6.42 Å². The van der Waals surface area contributed by atoms with Gasteiger partial charge in [0.1, 0.15) is 0 Å². The number of amides is 1. The Morgan fingerprint density at radius 1 is 1.24 bits per heavy atom. The second-order valence-corrected chi connectivity index (χ2v) is 8.11. The van der Waals surface area contributed by atoms with E-state index in [2.05, 4.69) is 10.0 Å². The van der Waals surface area contributed by atoms with E-state index in [0.717, 1.165) is 31.9 Å². The van der Waals surface area contributed by atoms with Crippen LogP contribution in [-0.2, 0) is 14.8 Å². The minimum absolute atomic E-state index is 0. The lowest BCUT2D eigenvalue weighted by molar-refractivity contribution is -0.124. The Hall–Kier alpha value is -0.370. The second kappa shape index (κ2) is 7.26. The highest BCUT2D eigenvalue weighted by Crippen LogP contribution is 2.39. The molecule has 0 aromatic rings. The van der Waals surface area contributed by atoms with Crippen molar-refractivity contribution >= 4 is 28.3 Å². The monoisotopic (exact) mass is 339 g/mol. The van der Waals surface area contributed by atoms with E-state index in [1.54, 1.807) is 6.92 Å². The molecule has 0 saturated heterocycles. The van der Waals surface area contributed by atoms with E-state index in [9.17, 15) is 13.2 Å². The molecule has 2 bridgehead atoms. The van der Waals surface area contributed by atoms with Crippen LogP contribution in [0.5, 0.6) is 0 Å². The largest absolute Gasteiger partial charge is 0.351 e. The van der Waals surface area contributed by atoms with Crippen LogP contribution < -0.4 is 15.8 Å². The average Bonchev–Trinajstić information content (AvgIpc) is 2.27. The Morgan fingerprint density at radius 3 is 2.24 bits per heavy atom. The fraction of sp³-hybridized carbons (Fsp3) is 0.923. The molecule has 3 atom stereocenters. The van der Waals surface area contributed by atoms with Crippen LogP contribution in [0.3, 0.4) is 0 Å². The molecule has 4 N–H and O–H groups in total. The number of carbonyl (C=O) groups excluding carboxylic acids is 1. The van der Waals surface area contributed by atoms with Crippen LogP contribution in [0.2, 0.25) is 0 Å². The van der Waals surface area contributed by atoms with Crippen LogP contribution in [-0.4, -0.2) is 38.7 Å². The van der Waals surface area contributed by atoms with Crippen molar-refractivity contribution in [3.63, 3.8) is 0 Å². The molecule has 124 valence electrons. The number of sulfonamides is 1. The van der Waals surface area contributed by atoms with Gasteiger partial charge in [0.15, 0.2) is 0 Å². The summed E-state index contributed by atoms with van der Waals surface area (Å²) in [6.07, 6.45) is 6.37. The zero-order valence-corrected chi connectivity index (χ0v) is 14.2. The number of rotatable bonds is 4. The third-order valence-electron chi connectivity index (χ3n) is 4.47. The Kier molecular flexibility index (Phi) is 6.46. The zero-order chi connectivity index (χ0) is 14.9. The lowest BCUT2D eigenvalue weighted by Gasteiger charge is -2.45.